The van der Waals surface area contributed by atoms with Crippen LogP contribution in [0.25, 0.3) is 0 Å². The lowest BCUT2D eigenvalue weighted by atomic mass is 9.98. The fourth-order valence-electron chi connectivity index (χ4n) is 3.73. The van der Waals surface area contributed by atoms with Crippen molar-refractivity contribution < 1.29 is 4.79 Å². The van der Waals surface area contributed by atoms with Gasteiger partial charge >= 0.3 is 0 Å². The average molecular weight is 337 g/mol. The van der Waals surface area contributed by atoms with Gasteiger partial charge in [0.25, 0.3) is 0 Å². The number of hydrogen-bond donors (Lipinski definition) is 1. The molecule has 3 nitrogen and oxygen atoms in total. The quantitative estimate of drug-likeness (QED) is 0.859. The van der Waals surface area contributed by atoms with Crippen molar-refractivity contribution in [2.24, 2.45) is 17.6 Å². The highest BCUT2D eigenvalue weighted by molar-refractivity contribution is 5.85. The van der Waals surface area contributed by atoms with Gasteiger partial charge in [-0.05, 0) is 50.0 Å². The van der Waals surface area contributed by atoms with E-state index in [1.54, 1.807) is 0 Å². The molecule has 2 aliphatic rings. The second-order valence-corrected chi connectivity index (χ2v) is 7.14. The van der Waals surface area contributed by atoms with Crippen LogP contribution in [0.1, 0.15) is 51.0 Å². The number of nitrogens with zero attached hydrogens (tertiary/aromatic N) is 1. The molecule has 3 rings (SSSR count). The summed E-state index contributed by atoms with van der Waals surface area (Å²) in [4.78, 5) is 15.0. The Morgan fingerprint density at radius 3 is 2.48 bits per heavy atom. The predicted molar refractivity (Wildman–Crippen MR) is 96.4 cm³/mol. The summed E-state index contributed by atoms with van der Waals surface area (Å²) in [7, 11) is 0. The van der Waals surface area contributed by atoms with Crippen molar-refractivity contribution >= 4 is 18.3 Å². The molecule has 0 radical (unpaired) electrons. The molecule has 1 unspecified atom stereocenters. The van der Waals surface area contributed by atoms with Gasteiger partial charge in [0.1, 0.15) is 0 Å². The molecule has 2 N–H and O–H groups in total. The van der Waals surface area contributed by atoms with Crippen LogP contribution in [0.3, 0.4) is 0 Å². The molecule has 128 valence electrons. The van der Waals surface area contributed by atoms with Crippen LogP contribution in [-0.2, 0) is 11.3 Å². The highest BCUT2D eigenvalue weighted by Crippen LogP contribution is 2.36. The topological polar surface area (TPSA) is 46.3 Å². The molecule has 1 aromatic carbocycles. The van der Waals surface area contributed by atoms with Crippen LogP contribution in [0, 0.1) is 11.8 Å². The molecule has 1 amide bonds. The minimum Gasteiger partial charge on any atom is -0.335 e. The lowest BCUT2D eigenvalue weighted by molar-refractivity contribution is -0.135. The first-order chi connectivity index (χ1) is 10.6. The first kappa shape index (κ1) is 18.3. The van der Waals surface area contributed by atoms with Crippen molar-refractivity contribution in [2.45, 2.75) is 64.1 Å². The third-order valence-corrected chi connectivity index (χ3v) is 5.47. The van der Waals surface area contributed by atoms with Crippen LogP contribution < -0.4 is 5.73 Å². The molecule has 0 aromatic heterocycles. The molecular formula is C19H29ClN2O. The Morgan fingerprint density at radius 1 is 1.22 bits per heavy atom. The fourth-order valence-corrected chi connectivity index (χ4v) is 3.73. The van der Waals surface area contributed by atoms with E-state index < -0.39 is 0 Å². The van der Waals surface area contributed by atoms with Crippen LogP contribution in [-0.4, -0.2) is 22.9 Å². The summed E-state index contributed by atoms with van der Waals surface area (Å²) in [6, 6.07) is 10.9. The number of nitrogens with two attached hydrogens (primary N) is 1. The Labute approximate surface area is 146 Å². The summed E-state index contributed by atoms with van der Waals surface area (Å²) in [6.07, 6.45) is 6.53. The molecule has 1 aromatic rings. The summed E-state index contributed by atoms with van der Waals surface area (Å²) in [5.74, 6) is 1.38. The Kier molecular flexibility index (Phi) is 6.49. The first-order valence-electron chi connectivity index (χ1n) is 8.74. The molecule has 2 fully saturated rings. The van der Waals surface area contributed by atoms with Crippen molar-refractivity contribution in [2.75, 3.05) is 0 Å². The lowest BCUT2D eigenvalue weighted by Crippen LogP contribution is -2.41. The van der Waals surface area contributed by atoms with E-state index in [0.717, 1.165) is 19.4 Å². The Hall–Kier alpha value is -1.06. The third-order valence-electron chi connectivity index (χ3n) is 5.47. The number of rotatable bonds is 6. The first-order valence-corrected chi connectivity index (χ1v) is 8.74. The van der Waals surface area contributed by atoms with Gasteiger partial charge in [-0.2, -0.15) is 0 Å². The van der Waals surface area contributed by atoms with Gasteiger partial charge in [-0.3, -0.25) is 4.79 Å². The van der Waals surface area contributed by atoms with E-state index in [4.69, 9.17) is 5.73 Å². The number of benzene rings is 1. The summed E-state index contributed by atoms with van der Waals surface area (Å²) < 4.78 is 0. The molecule has 23 heavy (non-hydrogen) atoms. The SMILES string of the molecule is CC(C1CC1)N(Cc1ccccc1)C(=O)C[C@@H]1CCC[C@H]1N.Cl. The zero-order valence-electron chi connectivity index (χ0n) is 14.0. The summed E-state index contributed by atoms with van der Waals surface area (Å²) in [6.45, 7) is 2.95. The number of carbonyl (C=O) groups is 1. The molecule has 0 spiro atoms. The molecule has 0 heterocycles. The summed E-state index contributed by atoms with van der Waals surface area (Å²) >= 11 is 0. The number of carbonyl (C=O) groups excluding carboxylic acids is 1. The van der Waals surface area contributed by atoms with E-state index in [0.29, 0.717) is 30.2 Å². The Morgan fingerprint density at radius 2 is 1.91 bits per heavy atom. The smallest absolute Gasteiger partial charge is 0.223 e. The van der Waals surface area contributed by atoms with Crippen LogP contribution >= 0.6 is 12.4 Å². The predicted octanol–water partition coefficient (Wildman–Crippen LogP) is 3.75. The Balaban J connectivity index is 0.00000192. The molecule has 0 bridgehead atoms. The standard InChI is InChI=1S/C19H28N2O.ClH/c1-14(16-10-11-16)21(13-15-6-3-2-4-7-15)19(22)12-17-8-5-9-18(17)20;/h2-4,6-7,14,16-18H,5,8-13,20H2,1H3;1H/t14?,17-,18+;/m0./s1. The molecular weight excluding hydrogens is 308 g/mol. The average Bonchev–Trinajstić information content (AvgIpc) is 3.30. The van der Waals surface area contributed by atoms with E-state index in [9.17, 15) is 4.79 Å². The molecule has 3 atom stereocenters. The van der Waals surface area contributed by atoms with Crippen LogP contribution in [0.5, 0.6) is 0 Å². The summed E-state index contributed by atoms with van der Waals surface area (Å²) in [5.41, 5.74) is 7.38. The van der Waals surface area contributed by atoms with Crippen molar-refractivity contribution in [3.8, 4) is 0 Å². The second-order valence-electron chi connectivity index (χ2n) is 7.14. The van der Waals surface area contributed by atoms with Crippen LogP contribution in [0.4, 0.5) is 0 Å². The van der Waals surface area contributed by atoms with Crippen LogP contribution in [0.15, 0.2) is 30.3 Å². The number of halogens is 1. The normalized spacial score (nSPS) is 24.8. The van der Waals surface area contributed by atoms with E-state index >= 15 is 0 Å². The van der Waals surface area contributed by atoms with Crippen LogP contribution in [0.2, 0.25) is 0 Å². The lowest BCUT2D eigenvalue weighted by Gasteiger charge is -2.31. The van der Waals surface area contributed by atoms with Gasteiger partial charge in [-0.25, -0.2) is 0 Å². The van der Waals surface area contributed by atoms with Crippen molar-refractivity contribution in [3.05, 3.63) is 35.9 Å². The number of amides is 1. The largest absolute Gasteiger partial charge is 0.335 e. The molecule has 2 saturated carbocycles. The zero-order chi connectivity index (χ0) is 15.5. The van der Waals surface area contributed by atoms with Gasteiger partial charge in [-0.1, -0.05) is 36.8 Å². The maximum absolute atomic E-state index is 12.9. The highest BCUT2D eigenvalue weighted by Gasteiger charge is 2.36. The van der Waals surface area contributed by atoms with Gasteiger partial charge in [0.05, 0.1) is 0 Å². The van der Waals surface area contributed by atoms with Gasteiger partial charge < -0.3 is 10.6 Å². The number of hydrogen-bond acceptors (Lipinski definition) is 2. The minimum absolute atomic E-state index is 0. The van der Waals surface area contributed by atoms with Gasteiger partial charge in [-0.15, -0.1) is 12.4 Å². The van der Waals surface area contributed by atoms with E-state index in [1.807, 2.05) is 18.2 Å². The van der Waals surface area contributed by atoms with Gasteiger partial charge in [0, 0.05) is 25.0 Å². The van der Waals surface area contributed by atoms with Gasteiger partial charge in [0.2, 0.25) is 5.91 Å². The molecule has 4 heteroatoms. The van der Waals surface area contributed by atoms with E-state index in [2.05, 4.69) is 24.0 Å². The van der Waals surface area contributed by atoms with Crippen molar-refractivity contribution in [1.82, 2.24) is 4.90 Å². The van der Waals surface area contributed by atoms with Gasteiger partial charge in [0.15, 0.2) is 0 Å². The third kappa shape index (κ3) is 4.71. The van der Waals surface area contributed by atoms with Crippen molar-refractivity contribution in [3.63, 3.8) is 0 Å². The second kappa shape index (κ2) is 8.16. The van der Waals surface area contributed by atoms with E-state index in [-0.39, 0.29) is 18.4 Å². The van der Waals surface area contributed by atoms with Crippen molar-refractivity contribution in [1.29, 1.82) is 0 Å². The highest BCUT2D eigenvalue weighted by atomic mass is 35.5. The zero-order valence-corrected chi connectivity index (χ0v) is 14.8. The monoisotopic (exact) mass is 336 g/mol. The molecule has 0 saturated heterocycles. The maximum atomic E-state index is 12.9. The van der Waals surface area contributed by atoms with E-state index in [1.165, 1.54) is 24.8 Å². The minimum atomic E-state index is 0. The summed E-state index contributed by atoms with van der Waals surface area (Å²) in [5, 5.41) is 0. The Bertz CT molecular complexity index is 503. The maximum Gasteiger partial charge on any atom is 0.223 e. The fraction of sp³-hybridized carbons (Fsp3) is 0.632. The molecule has 2 aliphatic carbocycles. The molecule has 0 aliphatic heterocycles.